The molecule has 114 valence electrons. The van der Waals surface area contributed by atoms with Crippen LogP contribution in [0.4, 0.5) is 0 Å². The van der Waals surface area contributed by atoms with Gasteiger partial charge in [0.2, 0.25) is 0 Å². The van der Waals surface area contributed by atoms with E-state index in [1.807, 2.05) is 6.07 Å². The lowest BCUT2D eigenvalue weighted by Gasteiger charge is -2.29. The third-order valence-corrected chi connectivity index (χ3v) is 3.77. The largest absolute Gasteiger partial charge is 0.491 e. The highest BCUT2D eigenvalue weighted by atomic mass is 16.5. The standard InChI is InChI=1S/C16H22N2O3/c17-9-12-5-7-14(8-6-12)21-11-13(19)10-18-15-3-1-2-4-16(15)20/h5-8,13,15-16,18-20H,1-4,10-11H2. The number of nitrogens with zero attached hydrogens (tertiary/aromatic N) is 1. The number of benzene rings is 1. The summed E-state index contributed by atoms with van der Waals surface area (Å²) in [6.07, 6.45) is 3.02. The molecule has 0 aromatic heterocycles. The Kier molecular flexibility index (Phi) is 6.00. The van der Waals surface area contributed by atoms with Crippen molar-refractivity contribution in [3.63, 3.8) is 0 Å². The number of aliphatic hydroxyl groups excluding tert-OH is 2. The predicted molar refractivity (Wildman–Crippen MR) is 78.9 cm³/mol. The van der Waals surface area contributed by atoms with E-state index in [2.05, 4.69) is 5.32 Å². The lowest BCUT2D eigenvalue weighted by Crippen LogP contribution is -2.45. The first-order valence-corrected chi connectivity index (χ1v) is 7.41. The zero-order chi connectivity index (χ0) is 15.1. The number of rotatable bonds is 6. The lowest BCUT2D eigenvalue weighted by atomic mass is 9.92. The molecule has 0 radical (unpaired) electrons. The molecule has 1 saturated carbocycles. The number of nitriles is 1. The Balaban J connectivity index is 1.69. The molecule has 0 aliphatic heterocycles. The van der Waals surface area contributed by atoms with Gasteiger partial charge in [-0.3, -0.25) is 0 Å². The van der Waals surface area contributed by atoms with Gasteiger partial charge in [-0.1, -0.05) is 12.8 Å². The maximum atomic E-state index is 9.91. The van der Waals surface area contributed by atoms with Crippen molar-refractivity contribution in [2.75, 3.05) is 13.2 Å². The molecule has 3 N–H and O–H groups in total. The van der Waals surface area contributed by atoms with Crippen LogP contribution in [0.25, 0.3) is 0 Å². The molecule has 3 unspecified atom stereocenters. The molecule has 1 fully saturated rings. The van der Waals surface area contributed by atoms with E-state index in [4.69, 9.17) is 10.00 Å². The number of ether oxygens (including phenoxy) is 1. The van der Waals surface area contributed by atoms with Crippen molar-refractivity contribution >= 4 is 0 Å². The highest BCUT2D eigenvalue weighted by Gasteiger charge is 2.23. The Morgan fingerprint density at radius 2 is 2.00 bits per heavy atom. The van der Waals surface area contributed by atoms with E-state index < -0.39 is 6.10 Å². The molecular weight excluding hydrogens is 268 g/mol. The monoisotopic (exact) mass is 290 g/mol. The van der Waals surface area contributed by atoms with Gasteiger partial charge in [-0.05, 0) is 37.1 Å². The van der Waals surface area contributed by atoms with Gasteiger partial charge < -0.3 is 20.3 Å². The van der Waals surface area contributed by atoms with Crippen molar-refractivity contribution in [2.24, 2.45) is 0 Å². The third kappa shape index (κ3) is 5.01. The van der Waals surface area contributed by atoms with E-state index in [9.17, 15) is 10.2 Å². The average Bonchev–Trinajstić information content (AvgIpc) is 2.52. The fraction of sp³-hybridized carbons (Fsp3) is 0.562. The molecule has 5 nitrogen and oxygen atoms in total. The summed E-state index contributed by atoms with van der Waals surface area (Å²) in [5, 5.41) is 31.6. The second kappa shape index (κ2) is 7.99. The maximum Gasteiger partial charge on any atom is 0.119 e. The number of nitrogens with one attached hydrogen (secondary N) is 1. The zero-order valence-corrected chi connectivity index (χ0v) is 12.0. The van der Waals surface area contributed by atoms with Crippen molar-refractivity contribution in [3.05, 3.63) is 29.8 Å². The van der Waals surface area contributed by atoms with Crippen molar-refractivity contribution in [3.8, 4) is 11.8 Å². The van der Waals surface area contributed by atoms with Crippen molar-refractivity contribution in [2.45, 2.75) is 43.9 Å². The number of hydrogen-bond donors (Lipinski definition) is 3. The summed E-state index contributed by atoms with van der Waals surface area (Å²) in [4.78, 5) is 0. The van der Waals surface area contributed by atoms with E-state index in [0.717, 1.165) is 25.7 Å². The van der Waals surface area contributed by atoms with Crippen molar-refractivity contribution in [1.29, 1.82) is 5.26 Å². The van der Waals surface area contributed by atoms with Gasteiger partial charge in [-0.15, -0.1) is 0 Å². The first-order chi connectivity index (χ1) is 10.2. The average molecular weight is 290 g/mol. The fourth-order valence-electron chi connectivity index (χ4n) is 2.51. The van der Waals surface area contributed by atoms with E-state index in [0.29, 0.717) is 17.9 Å². The molecule has 0 spiro atoms. The first-order valence-electron chi connectivity index (χ1n) is 7.41. The van der Waals surface area contributed by atoms with E-state index in [1.165, 1.54) is 0 Å². The van der Waals surface area contributed by atoms with E-state index in [1.54, 1.807) is 24.3 Å². The van der Waals surface area contributed by atoms with Crippen LogP contribution in [-0.4, -0.2) is 41.6 Å². The van der Waals surface area contributed by atoms with Crippen LogP contribution in [0.3, 0.4) is 0 Å². The minimum absolute atomic E-state index is 0.0725. The summed E-state index contributed by atoms with van der Waals surface area (Å²) in [5.74, 6) is 0.630. The Bertz CT molecular complexity index is 469. The SMILES string of the molecule is N#Cc1ccc(OCC(O)CNC2CCCCC2O)cc1. The molecular formula is C16H22N2O3. The smallest absolute Gasteiger partial charge is 0.119 e. The summed E-state index contributed by atoms with van der Waals surface area (Å²) in [6.45, 7) is 0.583. The van der Waals surface area contributed by atoms with Crippen LogP contribution < -0.4 is 10.1 Å². The molecule has 3 atom stereocenters. The van der Waals surface area contributed by atoms with Crippen LogP contribution in [0, 0.1) is 11.3 Å². The first kappa shape index (κ1) is 15.8. The summed E-state index contributed by atoms with van der Waals surface area (Å²) < 4.78 is 5.47. The Morgan fingerprint density at radius 3 is 2.67 bits per heavy atom. The maximum absolute atomic E-state index is 9.91. The van der Waals surface area contributed by atoms with Crippen LogP contribution in [0.2, 0.25) is 0 Å². The minimum atomic E-state index is -0.630. The lowest BCUT2D eigenvalue weighted by molar-refractivity contribution is 0.0673. The summed E-state index contributed by atoms with van der Waals surface area (Å²) in [5.41, 5.74) is 0.579. The van der Waals surface area contributed by atoms with Gasteiger partial charge in [0.05, 0.1) is 17.7 Å². The molecule has 5 heteroatoms. The van der Waals surface area contributed by atoms with Gasteiger partial charge in [0.1, 0.15) is 18.5 Å². The Morgan fingerprint density at radius 1 is 1.29 bits per heavy atom. The molecule has 1 aromatic rings. The Hall–Kier alpha value is -1.61. The normalized spacial score (nSPS) is 23.3. The van der Waals surface area contributed by atoms with Crippen LogP contribution in [0.1, 0.15) is 31.2 Å². The molecule has 1 aliphatic carbocycles. The van der Waals surface area contributed by atoms with Crippen LogP contribution in [0.15, 0.2) is 24.3 Å². The van der Waals surface area contributed by atoms with Gasteiger partial charge in [-0.25, -0.2) is 0 Å². The quantitative estimate of drug-likeness (QED) is 0.733. The van der Waals surface area contributed by atoms with E-state index >= 15 is 0 Å². The Labute approximate surface area is 125 Å². The molecule has 0 heterocycles. The second-order valence-corrected chi connectivity index (χ2v) is 5.47. The summed E-state index contributed by atoms with van der Waals surface area (Å²) in [6, 6.07) is 8.90. The minimum Gasteiger partial charge on any atom is -0.491 e. The molecule has 0 amide bonds. The highest BCUT2D eigenvalue weighted by Crippen LogP contribution is 2.18. The molecule has 0 saturated heterocycles. The molecule has 2 rings (SSSR count). The molecule has 0 bridgehead atoms. The van der Waals surface area contributed by atoms with E-state index in [-0.39, 0.29) is 18.8 Å². The second-order valence-electron chi connectivity index (χ2n) is 5.47. The van der Waals surface area contributed by atoms with Crippen LogP contribution in [-0.2, 0) is 0 Å². The highest BCUT2D eigenvalue weighted by molar-refractivity contribution is 5.34. The van der Waals surface area contributed by atoms with Gasteiger partial charge >= 0.3 is 0 Å². The van der Waals surface area contributed by atoms with Crippen molar-refractivity contribution < 1.29 is 14.9 Å². The zero-order valence-electron chi connectivity index (χ0n) is 12.0. The number of hydrogen-bond acceptors (Lipinski definition) is 5. The number of aliphatic hydroxyl groups is 2. The van der Waals surface area contributed by atoms with Crippen LogP contribution >= 0.6 is 0 Å². The molecule has 21 heavy (non-hydrogen) atoms. The van der Waals surface area contributed by atoms with Gasteiger partial charge in [0.15, 0.2) is 0 Å². The topological polar surface area (TPSA) is 85.5 Å². The predicted octanol–water partition coefficient (Wildman–Crippen LogP) is 1.19. The van der Waals surface area contributed by atoms with Gasteiger partial charge in [0, 0.05) is 12.6 Å². The summed E-state index contributed by atoms with van der Waals surface area (Å²) in [7, 11) is 0. The van der Waals surface area contributed by atoms with Crippen LogP contribution in [0.5, 0.6) is 5.75 Å². The van der Waals surface area contributed by atoms with Gasteiger partial charge in [0.25, 0.3) is 0 Å². The molecule has 1 aromatic carbocycles. The summed E-state index contributed by atoms with van der Waals surface area (Å²) >= 11 is 0. The molecule has 1 aliphatic rings. The third-order valence-electron chi connectivity index (χ3n) is 3.77. The van der Waals surface area contributed by atoms with Gasteiger partial charge in [-0.2, -0.15) is 5.26 Å². The van der Waals surface area contributed by atoms with Crippen molar-refractivity contribution in [1.82, 2.24) is 5.32 Å². The fourth-order valence-corrected chi connectivity index (χ4v) is 2.51.